The molecule has 0 unspecified atom stereocenters. The van der Waals surface area contributed by atoms with E-state index in [2.05, 4.69) is 10.3 Å². The van der Waals surface area contributed by atoms with Crippen molar-refractivity contribution in [1.82, 2.24) is 4.98 Å². The standard InChI is InChI=1S/C21H18ClFN2O4S/c1-2-28-18-6-4-3-5-15(18)21-24-14(12-30-21)10-20(27)29-11-19(26)25-17-9-13(22)7-8-16(17)23/h3-9,12H,2,10-11H2,1H3,(H,25,26). The molecule has 6 nitrogen and oxygen atoms in total. The molecule has 3 rings (SSSR count). The van der Waals surface area contributed by atoms with Gasteiger partial charge in [0.25, 0.3) is 5.91 Å². The Balaban J connectivity index is 1.55. The van der Waals surface area contributed by atoms with E-state index >= 15 is 0 Å². The van der Waals surface area contributed by atoms with Crippen LogP contribution in [0.15, 0.2) is 47.8 Å². The lowest BCUT2D eigenvalue weighted by molar-refractivity contribution is -0.146. The minimum atomic E-state index is -0.672. The molecule has 1 amide bonds. The zero-order chi connectivity index (χ0) is 21.5. The number of para-hydroxylation sites is 1. The number of thiazole rings is 1. The number of nitrogens with zero attached hydrogens (tertiary/aromatic N) is 1. The first-order valence-electron chi connectivity index (χ1n) is 9.03. The molecule has 0 aliphatic heterocycles. The maximum Gasteiger partial charge on any atom is 0.312 e. The zero-order valence-corrected chi connectivity index (χ0v) is 17.6. The van der Waals surface area contributed by atoms with Gasteiger partial charge < -0.3 is 14.8 Å². The maximum atomic E-state index is 13.6. The number of carbonyl (C=O) groups excluding carboxylic acids is 2. The summed E-state index contributed by atoms with van der Waals surface area (Å²) >= 11 is 7.16. The highest BCUT2D eigenvalue weighted by molar-refractivity contribution is 7.13. The molecular formula is C21H18ClFN2O4S. The molecule has 9 heteroatoms. The van der Waals surface area contributed by atoms with E-state index in [1.165, 1.54) is 23.5 Å². The van der Waals surface area contributed by atoms with Crippen LogP contribution < -0.4 is 10.1 Å². The molecule has 1 N–H and O–H groups in total. The quantitative estimate of drug-likeness (QED) is 0.504. The summed E-state index contributed by atoms with van der Waals surface area (Å²) in [5.41, 5.74) is 1.28. The highest BCUT2D eigenvalue weighted by Gasteiger charge is 2.15. The average molecular weight is 449 g/mol. The lowest BCUT2D eigenvalue weighted by Crippen LogP contribution is -2.22. The van der Waals surface area contributed by atoms with Crippen LogP contribution in [0.5, 0.6) is 5.75 Å². The van der Waals surface area contributed by atoms with Crippen LogP contribution in [0.1, 0.15) is 12.6 Å². The molecule has 0 aliphatic rings. The van der Waals surface area contributed by atoms with Gasteiger partial charge in [-0.25, -0.2) is 9.37 Å². The van der Waals surface area contributed by atoms with Gasteiger partial charge in [0.05, 0.1) is 30.0 Å². The summed E-state index contributed by atoms with van der Waals surface area (Å²) in [6.45, 7) is 1.88. The fourth-order valence-electron chi connectivity index (χ4n) is 2.56. The average Bonchev–Trinajstić information content (AvgIpc) is 3.18. The molecule has 0 atom stereocenters. The Hall–Kier alpha value is -2.97. The molecule has 0 spiro atoms. The molecule has 3 aromatic rings. The number of halogens is 2. The third kappa shape index (κ3) is 5.77. The summed E-state index contributed by atoms with van der Waals surface area (Å²) in [6.07, 6.45) is -0.0912. The van der Waals surface area contributed by atoms with E-state index in [1.807, 2.05) is 31.2 Å². The van der Waals surface area contributed by atoms with E-state index in [9.17, 15) is 14.0 Å². The van der Waals surface area contributed by atoms with Crippen LogP contribution in [0.4, 0.5) is 10.1 Å². The van der Waals surface area contributed by atoms with Crippen molar-refractivity contribution >= 4 is 40.5 Å². The van der Waals surface area contributed by atoms with E-state index < -0.39 is 24.3 Å². The number of rotatable bonds is 8. The van der Waals surface area contributed by atoms with Gasteiger partial charge in [-0.05, 0) is 37.3 Å². The first-order valence-corrected chi connectivity index (χ1v) is 10.3. The summed E-state index contributed by atoms with van der Waals surface area (Å²) < 4.78 is 24.2. The fourth-order valence-corrected chi connectivity index (χ4v) is 3.58. The predicted octanol–water partition coefficient (Wildman–Crippen LogP) is 4.73. The summed E-state index contributed by atoms with van der Waals surface area (Å²) in [5.74, 6) is -1.21. The van der Waals surface area contributed by atoms with Crippen molar-refractivity contribution in [2.45, 2.75) is 13.3 Å². The van der Waals surface area contributed by atoms with Crippen molar-refractivity contribution in [3.8, 4) is 16.3 Å². The van der Waals surface area contributed by atoms with Gasteiger partial charge >= 0.3 is 5.97 Å². The first-order chi connectivity index (χ1) is 14.5. The van der Waals surface area contributed by atoms with Crippen LogP contribution in [-0.2, 0) is 20.7 Å². The fraction of sp³-hybridized carbons (Fsp3) is 0.190. The highest BCUT2D eigenvalue weighted by atomic mass is 35.5. The summed E-state index contributed by atoms with van der Waals surface area (Å²) in [4.78, 5) is 28.4. The smallest absolute Gasteiger partial charge is 0.312 e. The van der Waals surface area contributed by atoms with Crippen LogP contribution in [-0.4, -0.2) is 30.1 Å². The third-order valence-electron chi connectivity index (χ3n) is 3.86. The number of nitrogens with one attached hydrogen (secondary N) is 1. The molecule has 0 fully saturated rings. The molecule has 2 aromatic carbocycles. The summed E-state index contributed by atoms with van der Waals surface area (Å²) in [6, 6.07) is 11.3. The van der Waals surface area contributed by atoms with E-state index in [0.717, 1.165) is 16.6 Å². The number of hydrogen-bond donors (Lipinski definition) is 1. The van der Waals surface area contributed by atoms with Gasteiger partial charge in [0.2, 0.25) is 0 Å². The van der Waals surface area contributed by atoms with E-state index in [4.69, 9.17) is 21.1 Å². The van der Waals surface area contributed by atoms with Gasteiger partial charge in [0, 0.05) is 10.4 Å². The normalized spacial score (nSPS) is 10.5. The van der Waals surface area contributed by atoms with Crippen LogP contribution in [0.3, 0.4) is 0 Å². The van der Waals surface area contributed by atoms with Crippen LogP contribution in [0.25, 0.3) is 10.6 Å². The number of amides is 1. The molecule has 0 saturated carbocycles. The first kappa shape index (κ1) is 21.7. The Morgan fingerprint density at radius 3 is 2.83 bits per heavy atom. The SMILES string of the molecule is CCOc1ccccc1-c1nc(CC(=O)OCC(=O)Nc2cc(Cl)ccc2F)cs1. The van der Waals surface area contributed by atoms with E-state index in [-0.39, 0.29) is 17.1 Å². The van der Waals surface area contributed by atoms with Crippen molar-refractivity contribution in [1.29, 1.82) is 0 Å². The molecule has 156 valence electrons. The number of benzene rings is 2. The number of hydrogen-bond acceptors (Lipinski definition) is 6. The Kier molecular flexibility index (Phi) is 7.37. The second-order valence-corrected chi connectivity index (χ2v) is 7.38. The van der Waals surface area contributed by atoms with Gasteiger partial charge in [0.15, 0.2) is 6.61 Å². The van der Waals surface area contributed by atoms with Crippen molar-refractivity contribution in [2.24, 2.45) is 0 Å². The number of carbonyl (C=O) groups is 2. The van der Waals surface area contributed by atoms with Crippen molar-refractivity contribution in [3.63, 3.8) is 0 Å². The van der Waals surface area contributed by atoms with Gasteiger partial charge in [0.1, 0.15) is 16.6 Å². The van der Waals surface area contributed by atoms with Crippen LogP contribution in [0, 0.1) is 5.82 Å². The second-order valence-electron chi connectivity index (χ2n) is 6.08. The Labute approximate surface area is 181 Å². The molecule has 1 aromatic heterocycles. The summed E-state index contributed by atoms with van der Waals surface area (Å²) in [7, 11) is 0. The minimum absolute atomic E-state index is 0.0827. The monoisotopic (exact) mass is 448 g/mol. The number of ether oxygens (including phenoxy) is 2. The van der Waals surface area contributed by atoms with Crippen molar-refractivity contribution in [3.05, 3.63) is 64.4 Å². The lowest BCUT2D eigenvalue weighted by Gasteiger charge is -2.08. The van der Waals surface area contributed by atoms with Crippen molar-refractivity contribution < 1.29 is 23.5 Å². The Morgan fingerprint density at radius 2 is 2.03 bits per heavy atom. The van der Waals surface area contributed by atoms with Gasteiger partial charge in [-0.3, -0.25) is 9.59 Å². The Bertz CT molecular complexity index is 1060. The molecule has 0 saturated heterocycles. The van der Waals surface area contributed by atoms with Crippen molar-refractivity contribution in [2.75, 3.05) is 18.5 Å². The van der Waals surface area contributed by atoms with Gasteiger partial charge in [-0.1, -0.05) is 23.7 Å². The van der Waals surface area contributed by atoms with E-state index in [0.29, 0.717) is 18.1 Å². The number of anilines is 1. The van der Waals surface area contributed by atoms with Crippen LogP contribution >= 0.6 is 22.9 Å². The highest BCUT2D eigenvalue weighted by Crippen LogP contribution is 2.32. The van der Waals surface area contributed by atoms with Gasteiger partial charge in [-0.2, -0.15) is 0 Å². The third-order valence-corrected chi connectivity index (χ3v) is 5.02. The summed E-state index contributed by atoms with van der Waals surface area (Å²) in [5, 5.41) is 5.05. The van der Waals surface area contributed by atoms with Crippen LogP contribution in [0.2, 0.25) is 5.02 Å². The number of aromatic nitrogens is 1. The molecule has 0 aliphatic carbocycles. The lowest BCUT2D eigenvalue weighted by atomic mass is 10.2. The molecule has 1 heterocycles. The van der Waals surface area contributed by atoms with E-state index in [1.54, 1.807) is 5.38 Å². The molecule has 0 radical (unpaired) electrons. The molecule has 0 bridgehead atoms. The molecular weight excluding hydrogens is 431 g/mol. The maximum absolute atomic E-state index is 13.6. The second kappa shape index (κ2) is 10.2. The number of esters is 1. The zero-order valence-electron chi connectivity index (χ0n) is 16.0. The predicted molar refractivity (Wildman–Crippen MR) is 113 cm³/mol. The molecule has 30 heavy (non-hydrogen) atoms. The topological polar surface area (TPSA) is 77.5 Å². The Morgan fingerprint density at radius 1 is 1.23 bits per heavy atom. The largest absolute Gasteiger partial charge is 0.493 e. The minimum Gasteiger partial charge on any atom is -0.493 e. The van der Waals surface area contributed by atoms with Gasteiger partial charge in [-0.15, -0.1) is 11.3 Å².